The first-order chi connectivity index (χ1) is 9.70. The van der Waals surface area contributed by atoms with Crippen LogP contribution in [0, 0.1) is 5.82 Å². The van der Waals surface area contributed by atoms with Gasteiger partial charge in [-0.25, -0.2) is 4.39 Å². The van der Waals surface area contributed by atoms with E-state index in [0.29, 0.717) is 10.5 Å². The summed E-state index contributed by atoms with van der Waals surface area (Å²) in [5, 5.41) is 3.54. The molecule has 0 saturated heterocycles. The van der Waals surface area contributed by atoms with E-state index in [1.807, 2.05) is 6.07 Å². The van der Waals surface area contributed by atoms with E-state index in [0.717, 1.165) is 24.9 Å². The van der Waals surface area contributed by atoms with Crippen molar-refractivity contribution in [2.24, 2.45) is 0 Å². The van der Waals surface area contributed by atoms with Gasteiger partial charge in [-0.2, -0.15) is 0 Å². The number of hydrogen-bond donors (Lipinski definition) is 1. The number of nitrogens with one attached hydrogen (secondary N) is 1. The van der Waals surface area contributed by atoms with Crippen molar-refractivity contribution >= 4 is 15.9 Å². The molecule has 1 aliphatic carbocycles. The Morgan fingerprint density at radius 1 is 1.30 bits per heavy atom. The van der Waals surface area contributed by atoms with Crippen molar-refractivity contribution in [3.8, 4) is 0 Å². The number of rotatable bonds is 6. The quantitative estimate of drug-likeness (QED) is 0.719. The van der Waals surface area contributed by atoms with Crippen molar-refractivity contribution in [1.82, 2.24) is 5.32 Å². The van der Waals surface area contributed by atoms with Crippen LogP contribution in [0.5, 0.6) is 0 Å². The molecular weight excluding hydrogens is 317 g/mol. The molecule has 0 aliphatic heterocycles. The zero-order valence-corrected chi connectivity index (χ0v) is 13.7. The fourth-order valence-electron chi connectivity index (χ4n) is 2.88. The molecule has 1 atom stereocenters. The first-order valence-electron chi connectivity index (χ1n) is 7.55. The maximum absolute atomic E-state index is 13.6. The third-order valence-corrected chi connectivity index (χ3v) is 4.77. The van der Waals surface area contributed by atoms with E-state index >= 15 is 0 Å². The molecule has 1 aromatic rings. The van der Waals surface area contributed by atoms with Crippen molar-refractivity contribution in [2.45, 2.75) is 51.5 Å². The molecule has 0 heterocycles. The highest BCUT2D eigenvalue weighted by molar-refractivity contribution is 9.10. The lowest BCUT2D eigenvalue weighted by atomic mass is 9.92. The molecule has 1 aromatic carbocycles. The summed E-state index contributed by atoms with van der Waals surface area (Å²) in [6.07, 6.45) is 9.43. The van der Waals surface area contributed by atoms with Crippen LogP contribution in [0.25, 0.3) is 0 Å². The smallest absolute Gasteiger partial charge is 0.137 e. The fourth-order valence-corrected chi connectivity index (χ4v) is 3.31. The average molecular weight is 340 g/mol. The second-order valence-corrected chi connectivity index (χ2v) is 6.28. The van der Waals surface area contributed by atoms with E-state index in [-0.39, 0.29) is 5.82 Å². The molecule has 0 saturated carbocycles. The normalized spacial score (nSPS) is 16.9. The lowest BCUT2D eigenvalue weighted by molar-refractivity contribution is 0.501. The highest BCUT2D eigenvalue weighted by Gasteiger charge is 2.15. The van der Waals surface area contributed by atoms with Gasteiger partial charge in [-0.1, -0.05) is 30.7 Å². The summed E-state index contributed by atoms with van der Waals surface area (Å²) in [5.41, 5.74) is 2.61. The number of allylic oxidation sites excluding steroid dienone is 1. The van der Waals surface area contributed by atoms with Crippen molar-refractivity contribution < 1.29 is 4.39 Å². The second-order valence-electron chi connectivity index (χ2n) is 5.48. The van der Waals surface area contributed by atoms with Crippen molar-refractivity contribution in [3.63, 3.8) is 0 Å². The Bertz CT molecular complexity index is 470. The van der Waals surface area contributed by atoms with Crippen LogP contribution in [-0.2, 0) is 6.42 Å². The third-order valence-electron chi connectivity index (χ3n) is 3.88. The molecule has 0 aromatic heterocycles. The maximum Gasteiger partial charge on any atom is 0.137 e. The zero-order valence-electron chi connectivity index (χ0n) is 12.1. The van der Waals surface area contributed by atoms with E-state index in [2.05, 4.69) is 34.2 Å². The van der Waals surface area contributed by atoms with Crippen LogP contribution in [0.15, 0.2) is 34.3 Å². The van der Waals surface area contributed by atoms with Crippen LogP contribution < -0.4 is 5.32 Å². The SMILES string of the molecule is CCNC(CC1=CCCCC1)Cc1cccc(F)c1Br. The highest BCUT2D eigenvalue weighted by atomic mass is 79.9. The lowest BCUT2D eigenvalue weighted by Crippen LogP contribution is -2.31. The summed E-state index contributed by atoms with van der Waals surface area (Å²) in [7, 11) is 0. The summed E-state index contributed by atoms with van der Waals surface area (Å²) >= 11 is 3.37. The summed E-state index contributed by atoms with van der Waals surface area (Å²) < 4.78 is 14.2. The van der Waals surface area contributed by atoms with E-state index in [4.69, 9.17) is 0 Å². The standard InChI is InChI=1S/C17H23BrFN/c1-2-20-15(11-13-7-4-3-5-8-13)12-14-9-6-10-16(19)17(14)18/h6-7,9-10,15,20H,2-5,8,11-12H2,1H3. The number of likely N-dealkylation sites (N-methyl/N-ethyl adjacent to an activating group) is 1. The van der Waals surface area contributed by atoms with Crippen molar-refractivity contribution in [2.75, 3.05) is 6.54 Å². The van der Waals surface area contributed by atoms with Gasteiger partial charge in [0.25, 0.3) is 0 Å². The third kappa shape index (κ3) is 4.42. The van der Waals surface area contributed by atoms with Gasteiger partial charge < -0.3 is 5.32 Å². The molecule has 3 heteroatoms. The molecule has 2 rings (SSSR count). The fraction of sp³-hybridized carbons (Fsp3) is 0.529. The van der Waals surface area contributed by atoms with Gasteiger partial charge in [0.2, 0.25) is 0 Å². The molecule has 1 nitrogen and oxygen atoms in total. The van der Waals surface area contributed by atoms with Crippen LogP contribution >= 0.6 is 15.9 Å². The van der Waals surface area contributed by atoms with E-state index in [1.54, 1.807) is 11.6 Å². The minimum absolute atomic E-state index is 0.172. The van der Waals surface area contributed by atoms with Crippen molar-refractivity contribution in [3.05, 3.63) is 45.7 Å². The average Bonchev–Trinajstić information content (AvgIpc) is 2.45. The molecule has 0 fully saturated rings. The van der Waals surface area contributed by atoms with Gasteiger partial charge in [0.05, 0.1) is 4.47 Å². The molecule has 0 spiro atoms. The predicted octanol–water partition coefficient (Wildman–Crippen LogP) is 5.00. The Labute approximate surface area is 129 Å². The van der Waals surface area contributed by atoms with Crippen LogP contribution in [0.4, 0.5) is 4.39 Å². The predicted molar refractivity (Wildman–Crippen MR) is 86.4 cm³/mol. The molecule has 1 N–H and O–H groups in total. The highest BCUT2D eigenvalue weighted by Crippen LogP contribution is 2.25. The van der Waals surface area contributed by atoms with Crippen LogP contribution in [-0.4, -0.2) is 12.6 Å². The lowest BCUT2D eigenvalue weighted by Gasteiger charge is -2.22. The molecule has 20 heavy (non-hydrogen) atoms. The molecule has 0 bridgehead atoms. The monoisotopic (exact) mass is 339 g/mol. The van der Waals surface area contributed by atoms with Crippen LogP contribution in [0.1, 0.15) is 44.6 Å². The Morgan fingerprint density at radius 3 is 2.85 bits per heavy atom. The van der Waals surface area contributed by atoms with Gasteiger partial charge in [0, 0.05) is 6.04 Å². The zero-order chi connectivity index (χ0) is 14.4. The minimum atomic E-state index is -0.172. The van der Waals surface area contributed by atoms with Gasteiger partial charge in [-0.05, 0) is 72.6 Å². The summed E-state index contributed by atoms with van der Waals surface area (Å²) in [4.78, 5) is 0. The first kappa shape index (κ1) is 15.7. The number of hydrogen-bond acceptors (Lipinski definition) is 1. The van der Waals surface area contributed by atoms with E-state index < -0.39 is 0 Å². The van der Waals surface area contributed by atoms with Gasteiger partial charge in [0.15, 0.2) is 0 Å². The van der Waals surface area contributed by atoms with Crippen LogP contribution in [0.2, 0.25) is 0 Å². The summed E-state index contributed by atoms with van der Waals surface area (Å²) in [5.74, 6) is -0.172. The molecular formula is C17H23BrFN. The van der Waals surface area contributed by atoms with Crippen LogP contribution in [0.3, 0.4) is 0 Å². The van der Waals surface area contributed by atoms with E-state index in [1.165, 1.54) is 31.7 Å². The Kier molecular flexibility index (Phi) is 6.24. The van der Waals surface area contributed by atoms with Gasteiger partial charge in [-0.15, -0.1) is 0 Å². The maximum atomic E-state index is 13.6. The largest absolute Gasteiger partial charge is 0.314 e. The summed E-state index contributed by atoms with van der Waals surface area (Å²) in [6, 6.07) is 5.69. The molecule has 110 valence electrons. The molecule has 1 aliphatic rings. The van der Waals surface area contributed by atoms with E-state index in [9.17, 15) is 4.39 Å². The number of halogens is 2. The molecule has 0 amide bonds. The topological polar surface area (TPSA) is 12.0 Å². The van der Waals surface area contributed by atoms with Gasteiger partial charge in [0.1, 0.15) is 5.82 Å². The van der Waals surface area contributed by atoms with Gasteiger partial charge in [-0.3, -0.25) is 0 Å². The Morgan fingerprint density at radius 2 is 2.15 bits per heavy atom. The van der Waals surface area contributed by atoms with Gasteiger partial charge >= 0.3 is 0 Å². The Balaban J connectivity index is 2.04. The minimum Gasteiger partial charge on any atom is -0.314 e. The molecule has 0 radical (unpaired) electrons. The summed E-state index contributed by atoms with van der Waals surface area (Å²) in [6.45, 7) is 3.08. The second kappa shape index (κ2) is 7.94. The van der Waals surface area contributed by atoms with Crippen molar-refractivity contribution in [1.29, 1.82) is 0 Å². The first-order valence-corrected chi connectivity index (χ1v) is 8.34. The Hall–Kier alpha value is -0.670. The molecule has 1 unspecified atom stereocenters. The number of benzene rings is 1.